The van der Waals surface area contributed by atoms with Crippen molar-refractivity contribution in [1.82, 2.24) is 10.2 Å². The molecule has 2 heterocycles. The van der Waals surface area contributed by atoms with E-state index < -0.39 is 17.6 Å². The quantitative estimate of drug-likeness (QED) is 0.649. The fraction of sp³-hybridized carbons (Fsp3) is 0.231. The lowest BCUT2D eigenvalue weighted by atomic mass is 9.88. The Kier molecular flexibility index (Phi) is 5.69. The Morgan fingerprint density at radius 3 is 2.52 bits per heavy atom. The minimum Gasteiger partial charge on any atom is -0.454 e. The van der Waals surface area contributed by atoms with Crippen LogP contribution in [0, 0.1) is 11.7 Å². The first-order chi connectivity index (χ1) is 16.1. The Hall–Kier alpha value is -3.87. The van der Waals surface area contributed by atoms with Crippen LogP contribution in [-0.2, 0) is 11.3 Å². The molecule has 1 N–H and O–H groups in total. The van der Waals surface area contributed by atoms with Gasteiger partial charge in [-0.15, -0.1) is 0 Å². The minimum atomic E-state index is -0.561. The molecule has 2 aliphatic rings. The van der Waals surface area contributed by atoms with E-state index in [9.17, 15) is 14.0 Å². The van der Waals surface area contributed by atoms with E-state index in [2.05, 4.69) is 5.32 Å². The molecule has 2 amide bonds. The van der Waals surface area contributed by atoms with E-state index in [4.69, 9.17) is 9.47 Å². The molecule has 3 aromatic carbocycles. The van der Waals surface area contributed by atoms with E-state index in [0.717, 1.165) is 11.1 Å². The van der Waals surface area contributed by atoms with E-state index in [1.54, 1.807) is 17.0 Å². The van der Waals surface area contributed by atoms with Gasteiger partial charge < -0.3 is 19.7 Å². The van der Waals surface area contributed by atoms with Gasteiger partial charge in [0.1, 0.15) is 5.82 Å². The predicted molar refractivity (Wildman–Crippen MR) is 119 cm³/mol. The lowest BCUT2D eigenvalue weighted by molar-refractivity contribution is -0.125. The molecule has 168 valence electrons. The van der Waals surface area contributed by atoms with Crippen LogP contribution in [0.2, 0.25) is 0 Å². The van der Waals surface area contributed by atoms with Crippen LogP contribution >= 0.6 is 0 Å². The SMILES string of the molecule is O=C(NCc1ccc2c(c1)OCO2)[C@H]1CN(C(=O)c2ccccc2F)C[C@H]1c1ccccc1. The van der Waals surface area contributed by atoms with Gasteiger partial charge in [0.25, 0.3) is 5.91 Å². The number of halogens is 1. The largest absolute Gasteiger partial charge is 0.454 e. The van der Waals surface area contributed by atoms with Crippen molar-refractivity contribution in [3.63, 3.8) is 0 Å². The molecule has 5 rings (SSSR count). The van der Waals surface area contributed by atoms with Gasteiger partial charge in [-0.25, -0.2) is 4.39 Å². The molecule has 0 saturated carbocycles. The Morgan fingerprint density at radius 1 is 0.939 bits per heavy atom. The molecule has 3 aromatic rings. The summed E-state index contributed by atoms with van der Waals surface area (Å²) >= 11 is 0. The average molecular weight is 446 g/mol. The number of hydrogen-bond acceptors (Lipinski definition) is 4. The van der Waals surface area contributed by atoms with Crippen molar-refractivity contribution in [2.45, 2.75) is 12.5 Å². The van der Waals surface area contributed by atoms with Crippen molar-refractivity contribution < 1.29 is 23.5 Å². The van der Waals surface area contributed by atoms with Crippen LogP contribution < -0.4 is 14.8 Å². The maximum absolute atomic E-state index is 14.2. The predicted octanol–water partition coefficient (Wildman–Crippen LogP) is 3.73. The van der Waals surface area contributed by atoms with Crippen LogP contribution in [0.4, 0.5) is 4.39 Å². The number of nitrogens with one attached hydrogen (secondary N) is 1. The van der Waals surface area contributed by atoms with Crippen LogP contribution in [0.5, 0.6) is 11.5 Å². The molecule has 0 unspecified atom stereocenters. The normalized spacial score (nSPS) is 18.9. The Bertz CT molecular complexity index is 1180. The molecule has 33 heavy (non-hydrogen) atoms. The molecule has 0 spiro atoms. The van der Waals surface area contributed by atoms with Gasteiger partial charge in [0.2, 0.25) is 12.7 Å². The summed E-state index contributed by atoms with van der Waals surface area (Å²) < 4.78 is 25.0. The van der Waals surface area contributed by atoms with Crippen molar-refractivity contribution in [3.8, 4) is 11.5 Å². The molecule has 2 atom stereocenters. The number of rotatable bonds is 5. The molecule has 0 aromatic heterocycles. The first kappa shape index (κ1) is 21.0. The van der Waals surface area contributed by atoms with Crippen LogP contribution in [0.25, 0.3) is 0 Å². The highest BCUT2D eigenvalue weighted by Crippen LogP contribution is 2.35. The lowest BCUT2D eigenvalue weighted by Crippen LogP contribution is -2.35. The Balaban J connectivity index is 1.34. The van der Waals surface area contributed by atoms with E-state index in [0.29, 0.717) is 24.6 Å². The summed E-state index contributed by atoms with van der Waals surface area (Å²) in [5.41, 5.74) is 1.89. The van der Waals surface area contributed by atoms with Gasteiger partial charge in [0, 0.05) is 25.6 Å². The van der Waals surface area contributed by atoms with E-state index in [1.807, 2.05) is 48.5 Å². The number of carbonyl (C=O) groups excluding carboxylic acids is 2. The first-order valence-electron chi connectivity index (χ1n) is 10.8. The zero-order valence-corrected chi connectivity index (χ0v) is 17.9. The van der Waals surface area contributed by atoms with Crippen molar-refractivity contribution in [3.05, 3.63) is 95.3 Å². The molecular formula is C26H23FN2O4. The summed E-state index contributed by atoms with van der Waals surface area (Å²) in [7, 11) is 0. The van der Waals surface area contributed by atoms with Crippen LogP contribution in [-0.4, -0.2) is 36.6 Å². The fourth-order valence-electron chi connectivity index (χ4n) is 4.45. The fourth-order valence-corrected chi connectivity index (χ4v) is 4.45. The number of nitrogens with zero attached hydrogens (tertiary/aromatic N) is 1. The molecule has 6 nitrogen and oxygen atoms in total. The molecule has 1 fully saturated rings. The zero-order valence-electron chi connectivity index (χ0n) is 17.9. The maximum Gasteiger partial charge on any atom is 0.256 e. The first-order valence-corrected chi connectivity index (χ1v) is 10.8. The summed E-state index contributed by atoms with van der Waals surface area (Å²) in [6.45, 7) is 1.09. The highest BCUT2D eigenvalue weighted by atomic mass is 19.1. The van der Waals surface area contributed by atoms with Gasteiger partial charge in [0.05, 0.1) is 11.5 Å². The maximum atomic E-state index is 14.2. The smallest absolute Gasteiger partial charge is 0.256 e. The summed E-state index contributed by atoms with van der Waals surface area (Å²) in [4.78, 5) is 27.8. The zero-order chi connectivity index (χ0) is 22.8. The topological polar surface area (TPSA) is 67.9 Å². The van der Waals surface area contributed by atoms with Gasteiger partial charge in [-0.2, -0.15) is 0 Å². The van der Waals surface area contributed by atoms with E-state index >= 15 is 0 Å². The summed E-state index contributed by atoms with van der Waals surface area (Å²) in [5, 5.41) is 3.00. The Labute approximate surface area is 190 Å². The number of hydrogen-bond donors (Lipinski definition) is 1. The van der Waals surface area contributed by atoms with E-state index in [-0.39, 0.29) is 30.7 Å². The number of amides is 2. The number of ether oxygens (including phenoxy) is 2. The number of carbonyl (C=O) groups is 2. The summed E-state index contributed by atoms with van der Waals surface area (Å²) in [5.74, 6) is -0.394. The lowest BCUT2D eigenvalue weighted by Gasteiger charge is -2.18. The average Bonchev–Trinajstić information content (AvgIpc) is 3.50. The van der Waals surface area contributed by atoms with Gasteiger partial charge in [-0.1, -0.05) is 48.5 Å². The van der Waals surface area contributed by atoms with Gasteiger partial charge in [-0.3, -0.25) is 9.59 Å². The number of likely N-dealkylation sites (tertiary alicyclic amines) is 1. The minimum absolute atomic E-state index is 0.0192. The second-order valence-corrected chi connectivity index (χ2v) is 8.22. The Morgan fingerprint density at radius 2 is 1.70 bits per heavy atom. The monoisotopic (exact) mass is 446 g/mol. The van der Waals surface area contributed by atoms with Crippen LogP contribution in [0.1, 0.15) is 27.4 Å². The van der Waals surface area contributed by atoms with Crippen molar-refractivity contribution in [2.75, 3.05) is 19.9 Å². The third kappa shape index (κ3) is 4.26. The molecule has 1 saturated heterocycles. The van der Waals surface area contributed by atoms with Gasteiger partial charge in [-0.05, 0) is 35.4 Å². The standard InChI is InChI=1S/C26H23FN2O4/c27-22-9-5-4-8-19(22)26(31)29-14-20(18-6-2-1-3-7-18)21(15-29)25(30)28-13-17-10-11-23-24(12-17)33-16-32-23/h1-12,20-21H,13-16H2,(H,28,30)/t20-,21-/m0/s1. The van der Waals surface area contributed by atoms with Gasteiger partial charge in [0.15, 0.2) is 11.5 Å². The highest BCUT2D eigenvalue weighted by Gasteiger charge is 2.40. The second-order valence-electron chi connectivity index (χ2n) is 8.22. The van der Waals surface area contributed by atoms with Crippen molar-refractivity contribution in [1.29, 1.82) is 0 Å². The molecular weight excluding hydrogens is 423 g/mol. The third-order valence-electron chi connectivity index (χ3n) is 6.18. The summed E-state index contributed by atoms with van der Waals surface area (Å²) in [6, 6.07) is 21.1. The van der Waals surface area contributed by atoms with Crippen LogP contribution in [0.15, 0.2) is 72.8 Å². The molecule has 0 bridgehead atoms. The summed E-state index contributed by atoms with van der Waals surface area (Å²) in [6.07, 6.45) is 0. The highest BCUT2D eigenvalue weighted by molar-refractivity contribution is 5.95. The van der Waals surface area contributed by atoms with E-state index in [1.165, 1.54) is 12.1 Å². The van der Waals surface area contributed by atoms with Gasteiger partial charge >= 0.3 is 0 Å². The van der Waals surface area contributed by atoms with Crippen molar-refractivity contribution >= 4 is 11.8 Å². The second kappa shape index (κ2) is 8.94. The number of benzene rings is 3. The molecule has 0 aliphatic carbocycles. The molecule has 2 aliphatic heterocycles. The molecule has 0 radical (unpaired) electrons. The number of fused-ring (bicyclic) bond motifs is 1. The third-order valence-corrected chi connectivity index (χ3v) is 6.18. The van der Waals surface area contributed by atoms with Crippen molar-refractivity contribution in [2.24, 2.45) is 5.92 Å². The molecule has 7 heteroatoms. The van der Waals surface area contributed by atoms with Crippen LogP contribution in [0.3, 0.4) is 0 Å².